The van der Waals surface area contributed by atoms with Gasteiger partial charge in [0.1, 0.15) is 0 Å². The van der Waals surface area contributed by atoms with Crippen molar-refractivity contribution in [3.05, 3.63) is 90.5 Å². The summed E-state index contributed by atoms with van der Waals surface area (Å²) in [6.45, 7) is 3.24. The smallest absolute Gasteiger partial charge is 0.253 e. The van der Waals surface area contributed by atoms with Gasteiger partial charge in [-0.05, 0) is 35.4 Å². The van der Waals surface area contributed by atoms with E-state index in [9.17, 15) is 4.79 Å². The molecule has 1 saturated heterocycles. The topological polar surface area (TPSA) is 23.6 Å². The van der Waals surface area contributed by atoms with E-state index >= 15 is 0 Å². The van der Waals surface area contributed by atoms with Crippen molar-refractivity contribution in [2.75, 3.05) is 31.1 Å². The summed E-state index contributed by atoms with van der Waals surface area (Å²) in [6.07, 6.45) is 0. The van der Waals surface area contributed by atoms with E-state index in [0.717, 1.165) is 42.9 Å². The SMILES string of the molecule is O=C(c1cccc(-c2ccccc2)c1)N1CCN(c2ccccc2)CC1. The van der Waals surface area contributed by atoms with Gasteiger partial charge in [-0.1, -0.05) is 60.7 Å². The first-order chi connectivity index (χ1) is 12.8. The Balaban J connectivity index is 1.46. The van der Waals surface area contributed by atoms with E-state index < -0.39 is 0 Å². The van der Waals surface area contributed by atoms with Gasteiger partial charge in [-0.2, -0.15) is 0 Å². The maximum Gasteiger partial charge on any atom is 0.253 e. The number of anilines is 1. The van der Waals surface area contributed by atoms with Crippen LogP contribution in [-0.4, -0.2) is 37.0 Å². The minimum Gasteiger partial charge on any atom is -0.368 e. The van der Waals surface area contributed by atoms with Gasteiger partial charge in [0.2, 0.25) is 0 Å². The second-order valence-electron chi connectivity index (χ2n) is 6.56. The van der Waals surface area contributed by atoms with Crippen LogP contribution >= 0.6 is 0 Å². The zero-order chi connectivity index (χ0) is 17.8. The standard InChI is InChI=1S/C23H22N2O/c26-23(21-11-7-10-20(18-21)19-8-3-1-4-9-19)25-16-14-24(15-17-25)22-12-5-2-6-13-22/h1-13,18H,14-17H2. The molecule has 0 unspecified atom stereocenters. The van der Waals surface area contributed by atoms with E-state index in [1.165, 1.54) is 5.69 Å². The summed E-state index contributed by atoms with van der Waals surface area (Å²) >= 11 is 0. The molecule has 1 amide bonds. The Morgan fingerprint density at radius 1 is 0.654 bits per heavy atom. The van der Waals surface area contributed by atoms with Gasteiger partial charge in [0, 0.05) is 37.4 Å². The Bertz CT molecular complexity index is 869. The van der Waals surface area contributed by atoms with Crippen molar-refractivity contribution in [2.24, 2.45) is 0 Å². The normalized spacial score (nSPS) is 14.3. The van der Waals surface area contributed by atoms with Gasteiger partial charge in [0.05, 0.1) is 0 Å². The first-order valence-corrected chi connectivity index (χ1v) is 9.06. The summed E-state index contributed by atoms with van der Waals surface area (Å²) in [5.74, 6) is 0.121. The monoisotopic (exact) mass is 342 g/mol. The molecule has 1 aliphatic rings. The third-order valence-electron chi connectivity index (χ3n) is 4.90. The third kappa shape index (κ3) is 3.47. The fourth-order valence-electron chi connectivity index (χ4n) is 3.45. The van der Waals surface area contributed by atoms with Gasteiger partial charge in [-0.3, -0.25) is 4.79 Å². The van der Waals surface area contributed by atoms with E-state index in [4.69, 9.17) is 0 Å². The average Bonchev–Trinajstić information content (AvgIpc) is 2.75. The molecule has 26 heavy (non-hydrogen) atoms. The summed E-state index contributed by atoms with van der Waals surface area (Å²) in [7, 11) is 0. The summed E-state index contributed by atoms with van der Waals surface area (Å²) in [5.41, 5.74) is 4.21. The predicted molar refractivity (Wildman–Crippen MR) is 106 cm³/mol. The molecular formula is C23H22N2O. The Labute approximate surface area is 154 Å². The van der Waals surface area contributed by atoms with Crippen LogP contribution in [-0.2, 0) is 0 Å². The molecule has 130 valence electrons. The van der Waals surface area contributed by atoms with E-state index in [2.05, 4.69) is 47.4 Å². The maximum absolute atomic E-state index is 12.9. The van der Waals surface area contributed by atoms with Crippen LogP contribution in [0.25, 0.3) is 11.1 Å². The van der Waals surface area contributed by atoms with Crippen molar-refractivity contribution in [1.82, 2.24) is 4.90 Å². The molecule has 0 N–H and O–H groups in total. The van der Waals surface area contributed by atoms with E-state index in [1.54, 1.807) is 0 Å². The average molecular weight is 342 g/mol. The molecule has 0 atom stereocenters. The van der Waals surface area contributed by atoms with Gasteiger partial charge >= 0.3 is 0 Å². The van der Waals surface area contributed by atoms with Crippen molar-refractivity contribution >= 4 is 11.6 Å². The van der Waals surface area contributed by atoms with Crippen LogP contribution in [0.3, 0.4) is 0 Å². The molecular weight excluding hydrogens is 320 g/mol. The number of para-hydroxylation sites is 1. The van der Waals surface area contributed by atoms with Gasteiger partial charge in [-0.15, -0.1) is 0 Å². The van der Waals surface area contributed by atoms with Gasteiger partial charge < -0.3 is 9.80 Å². The van der Waals surface area contributed by atoms with Crippen LogP contribution in [0.5, 0.6) is 0 Å². The molecule has 0 saturated carbocycles. The molecule has 0 bridgehead atoms. The Morgan fingerprint density at radius 2 is 1.27 bits per heavy atom. The lowest BCUT2D eigenvalue weighted by atomic mass is 10.0. The largest absolute Gasteiger partial charge is 0.368 e. The van der Waals surface area contributed by atoms with E-state index in [1.807, 2.05) is 47.4 Å². The third-order valence-corrected chi connectivity index (χ3v) is 4.90. The Morgan fingerprint density at radius 3 is 1.96 bits per heavy atom. The zero-order valence-electron chi connectivity index (χ0n) is 14.7. The number of nitrogens with zero attached hydrogens (tertiary/aromatic N) is 2. The van der Waals surface area contributed by atoms with Crippen LogP contribution in [0.2, 0.25) is 0 Å². The number of rotatable bonds is 3. The first-order valence-electron chi connectivity index (χ1n) is 9.06. The van der Waals surface area contributed by atoms with Gasteiger partial charge in [0.15, 0.2) is 0 Å². The molecule has 0 aromatic heterocycles. The molecule has 3 heteroatoms. The lowest BCUT2D eigenvalue weighted by Crippen LogP contribution is -2.48. The van der Waals surface area contributed by atoms with Crippen molar-refractivity contribution in [3.63, 3.8) is 0 Å². The van der Waals surface area contributed by atoms with Gasteiger partial charge in [-0.25, -0.2) is 0 Å². The fraction of sp³-hybridized carbons (Fsp3) is 0.174. The summed E-state index contributed by atoms with van der Waals surface area (Å²) in [4.78, 5) is 17.2. The lowest BCUT2D eigenvalue weighted by Gasteiger charge is -2.36. The zero-order valence-corrected chi connectivity index (χ0v) is 14.7. The van der Waals surface area contributed by atoms with Crippen LogP contribution in [0, 0.1) is 0 Å². The molecule has 1 aliphatic heterocycles. The summed E-state index contributed by atoms with van der Waals surface area (Å²) in [5, 5.41) is 0. The quantitative estimate of drug-likeness (QED) is 0.708. The molecule has 4 rings (SSSR count). The Kier molecular flexibility index (Phi) is 4.69. The van der Waals surface area contributed by atoms with Crippen LogP contribution in [0.1, 0.15) is 10.4 Å². The molecule has 1 heterocycles. The van der Waals surface area contributed by atoms with Crippen molar-refractivity contribution in [2.45, 2.75) is 0 Å². The second kappa shape index (κ2) is 7.44. The summed E-state index contributed by atoms with van der Waals surface area (Å²) in [6, 6.07) is 28.5. The molecule has 3 aromatic rings. The van der Waals surface area contributed by atoms with Crippen LogP contribution < -0.4 is 4.90 Å². The van der Waals surface area contributed by atoms with Crippen molar-refractivity contribution in [3.8, 4) is 11.1 Å². The first kappa shape index (κ1) is 16.4. The highest BCUT2D eigenvalue weighted by atomic mass is 16.2. The highest BCUT2D eigenvalue weighted by molar-refractivity contribution is 5.95. The molecule has 3 aromatic carbocycles. The lowest BCUT2D eigenvalue weighted by molar-refractivity contribution is 0.0747. The number of benzene rings is 3. The Hall–Kier alpha value is -3.07. The number of hydrogen-bond acceptors (Lipinski definition) is 2. The minimum atomic E-state index is 0.121. The van der Waals surface area contributed by atoms with Crippen LogP contribution in [0.4, 0.5) is 5.69 Å². The molecule has 0 spiro atoms. The fourth-order valence-corrected chi connectivity index (χ4v) is 3.45. The molecule has 0 aliphatic carbocycles. The predicted octanol–water partition coefficient (Wildman–Crippen LogP) is 4.32. The number of carbonyl (C=O) groups is 1. The number of amides is 1. The molecule has 3 nitrogen and oxygen atoms in total. The highest BCUT2D eigenvalue weighted by Crippen LogP contribution is 2.22. The number of hydrogen-bond donors (Lipinski definition) is 0. The number of carbonyl (C=O) groups excluding carboxylic acids is 1. The molecule has 1 fully saturated rings. The minimum absolute atomic E-state index is 0.121. The number of piperazine rings is 1. The summed E-state index contributed by atoms with van der Waals surface area (Å²) < 4.78 is 0. The van der Waals surface area contributed by atoms with Crippen LogP contribution in [0.15, 0.2) is 84.9 Å². The molecule has 0 radical (unpaired) electrons. The van der Waals surface area contributed by atoms with Crippen molar-refractivity contribution < 1.29 is 4.79 Å². The maximum atomic E-state index is 12.9. The highest BCUT2D eigenvalue weighted by Gasteiger charge is 2.22. The van der Waals surface area contributed by atoms with Crippen molar-refractivity contribution in [1.29, 1.82) is 0 Å². The second-order valence-corrected chi connectivity index (χ2v) is 6.56. The van der Waals surface area contributed by atoms with E-state index in [-0.39, 0.29) is 5.91 Å². The van der Waals surface area contributed by atoms with Gasteiger partial charge in [0.25, 0.3) is 5.91 Å². The van der Waals surface area contributed by atoms with E-state index in [0.29, 0.717) is 0 Å².